The van der Waals surface area contributed by atoms with Crippen molar-refractivity contribution in [3.05, 3.63) is 24.0 Å². The summed E-state index contributed by atoms with van der Waals surface area (Å²) in [5, 5.41) is 8.09. The minimum atomic E-state index is -0.521. The number of nitrogens with zero attached hydrogens (tertiary/aromatic N) is 4. The Morgan fingerprint density at radius 1 is 1.50 bits per heavy atom. The second kappa shape index (κ2) is 7.65. The minimum absolute atomic E-state index is 0.312. The number of thiocarbonyl (C=S) groups is 1. The first-order valence-electron chi connectivity index (χ1n) is 8.02. The van der Waals surface area contributed by atoms with E-state index in [4.69, 9.17) is 17.0 Å². The van der Waals surface area contributed by atoms with Crippen LogP contribution in [0.3, 0.4) is 0 Å². The van der Waals surface area contributed by atoms with E-state index in [1.54, 1.807) is 24.0 Å². The smallest absolute Gasteiger partial charge is 0.414 e. The van der Waals surface area contributed by atoms with Gasteiger partial charge in [-0.15, -0.1) is 0 Å². The van der Waals surface area contributed by atoms with Gasteiger partial charge in [0.05, 0.1) is 36.0 Å². The summed E-state index contributed by atoms with van der Waals surface area (Å²) in [6, 6.07) is 4.52. The number of hydrazone groups is 1. The molecule has 138 valence electrons. The van der Waals surface area contributed by atoms with E-state index >= 15 is 0 Å². The molecule has 26 heavy (non-hydrogen) atoms. The van der Waals surface area contributed by atoms with Crippen LogP contribution in [-0.4, -0.2) is 61.1 Å². The Morgan fingerprint density at radius 2 is 2.31 bits per heavy atom. The van der Waals surface area contributed by atoms with Gasteiger partial charge >= 0.3 is 6.09 Å². The number of anilines is 2. The quantitative estimate of drug-likeness (QED) is 0.614. The van der Waals surface area contributed by atoms with Crippen LogP contribution in [0.4, 0.5) is 20.6 Å². The number of ether oxygens (including phenoxy) is 1. The van der Waals surface area contributed by atoms with E-state index in [0.717, 1.165) is 0 Å². The first-order valence-corrected chi connectivity index (χ1v) is 8.43. The van der Waals surface area contributed by atoms with Gasteiger partial charge < -0.3 is 15.0 Å². The molecule has 2 aliphatic heterocycles. The molecule has 3 rings (SSSR count). The minimum Gasteiger partial charge on any atom is -0.442 e. The van der Waals surface area contributed by atoms with E-state index in [1.165, 1.54) is 22.3 Å². The SMILES string of the molecule is CC(=S)NC[C@H]1CN(c2ccc(N3C=NN(C=O)CC3)c(F)c2)C(=O)O1. The number of hydrogen-bond acceptors (Lipinski definition) is 6. The summed E-state index contributed by atoms with van der Waals surface area (Å²) >= 11 is 4.94. The average molecular weight is 379 g/mol. The van der Waals surface area contributed by atoms with Gasteiger partial charge in [-0.3, -0.25) is 9.69 Å². The third-order valence-electron chi connectivity index (χ3n) is 4.04. The predicted molar refractivity (Wildman–Crippen MR) is 98.9 cm³/mol. The van der Waals surface area contributed by atoms with E-state index in [1.807, 2.05) is 0 Å². The van der Waals surface area contributed by atoms with Crippen molar-refractivity contribution in [2.45, 2.75) is 13.0 Å². The van der Waals surface area contributed by atoms with Gasteiger partial charge in [0.2, 0.25) is 6.41 Å². The van der Waals surface area contributed by atoms with E-state index < -0.39 is 11.9 Å². The van der Waals surface area contributed by atoms with Crippen LogP contribution in [0, 0.1) is 5.82 Å². The van der Waals surface area contributed by atoms with Crippen molar-refractivity contribution in [2.75, 3.05) is 36.0 Å². The van der Waals surface area contributed by atoms with Gasteiger partial charge in [-0.1, -0.05) is 12.2 Å². The van der Waals surface area contributed by atoms with Gasteiger partial charge in [-0.05, 0) is 25.1 Å². The van der Waals surface area contributed by atoms with Gasteiger partial charge in [0.15, 0.2) is 0 Å². The highest BCUT2D eigenvalue weighted by atomic mass is 32.1. The van der Waals surface area contributed by atoms with Crippen molar-refractivity contribution >= 4 is 47.4 Å². The molecule has 10 heteroatoms. The lowest BCUT2D eigenvalue weighted by Gasteiger charge is -2.27. The number of rotatable bonds is 5. The van der Waals surface area contributed by atoms with Crippen molar-refractivity contribution in [3.8, 4) is 0 Å². The van der Waals surface area contributed by atoms with Gasteiger partial charge in [-0.25, -0.2) is 14.2 Å². The van der Waals surface area contributed by atoms with E-state index in [9.17, 15) is 14.0 Å². The number of amides is 2. The molecule has 1 saturated heterocycles. The molecule has 0 aromatic heterocycles. The Kier molecular flexibility index (Phi) is 5.31. The molecule has 0 spiro atoms. The first kappa shape index (κ1) is 18.1. The summed E-state index contributed by atoms with van der Waals surface area (Å²) in [7, 11) is 0. The summed E-state index contributed by atoms with van der Waals surface area (Å²) in [4.78, 5) is 26.3. The molecule has 0 unspecified atom stereocenters. The highest BCUT2D eigenvalue weighted by Crippen LogP contribution is 2.28. The molecule has 2 aliphatic rings. The summed E-state index contributed by atoms with van der Waals surface area (Å²) in [5.74, 6) is -0.488. The lowest BCUT2D eigenvalue weighted by Crippen LogP contribution is -2.37. The fraction of sp³-hybridized carbons (Fsp3) is 0.375. The topological polar surface area (TPSA) is 77.5 Å². The molecule has 1 fully saturated rings. The van der Waals surface area contributed by atoms with Crippen molar-refractivity contribution in [1.82, 2.24) is 10.3 Å². The van der Waals surface area contributed by atoms with Crippen molar-refractivity contribution in [1.29, 1.82) is 0 Å². The Balaban J connectivity index is 1.70. The number of carbonyl (C=O) groups is 2. The van der Waals surface area contributed by atoms with Crippen LogP contribution in [0.15, 0.2) is 23.3 Å². The summed E-state index contributed by atoms with van der Waals surface area (Å²) in [5.41, 5.74) is 0.742. The van der Waals surface area contributed by atoms with Crippen LogP contribution >= 0.6 is 12.2 Å². The van der Waals surface area contributed by atoms with Crippen LogP contribution in [0.2, 0.25) is 0 Å². The Bertz CT molecular complexity index is 759. The highest BCUT2D eigenvalue weighted by molar-refractivity contribution is 7.80. The van der Waals surface area contributed by atoms with E-state index in [0.29, 0.717) is 49.0 Å². The van der Waals surface area contributed by atoms with Crippen molar-refractivity contribution < 1.29 is 18.7 Å². The van der Waals surface area contributed by atoms with Gasteiger partial charge in [-0.2, -0.15) is 5.10 Å². The molecule has 1 N–H and O–H groups in total. The maximum absolute atomic E-state index is 14.6. The lowest BCUT2D eigenvalue weighted by atomic mass is 10.2. The van der Waals surface area contributed by atoms with Crippen LogP contribution in [0.1, 0.15) is 6.92 Å². The molecule has 1 atom stereocenters. The van der Waals surface area contributed by atoms with Crippen LogP contribution in [0.25, 0.3) is 0 Å². The average Bonchev–Trinajstić information content (AvgIpc) is 3.01. The maximum Gasteiger partial charge on any atom is 0.414 e. The van der Waals surface area contributed by atoms with Gasteiger partial charge in [0.1, 0.15) is 18.3 Å². The summed E-state index contributed by atoms with van der Waals surface area (Å²) in [6.45, 7) is 3.26. The second-order valence-electron chi connectivity index (χ2n) is 5.88. The second-order valence-corrected chi connectivity index (χ2v) is 6.49. The molecular weight excluding hydrogens is 361 g/mol. The van der Waals surface area contributed by atoms with Crippen molar-refractivity contribution in [2.24, 2.45) is 5.10 Å². The van der Waals surface area contributed by atoms with Crippen molar-refractivity contribution in [3.63, 3.8) is 0 Å². The molecular formula is C16H18FN5O3S. The number of carbonyl (C=O) groups excluding carboxylic acids is 2. The zero-order valence-electron chi connectivity index (χ0n) is 14.1. The summed E-state index contributed by atoms with van der Waals surface area (Å²) in [6.07, 6.45) is 1.14. The lowest BCUT2D eigenvalue weighted by molar-refractivity contribution is -0.118. The highest BCUT2D eigenvalue weighted by Gasteiger charge is 2.32. The molecule has 2 amide bonds. The molecule has 0 saturated carbocycles. The standard InChI is InChI=1S/C16H18FN5O3S/c1-11(26)18-7-13-8-22(16(24)25-13)12-2-3-15(14(17)6-12)20-4-5-21(10-23)19-9-20/h2-3,6,9-10,13H,4-5,7-8H2,1H3,(H,18,26)/t13-/m0/s1. The van der Waals surface area contributed by atoms with Crippen LogP contribution in [0.5, 0.6) is 0 Å². The van der Waals surface area contributed by atoms with Crippen LogP contribution < -0.4 is 15.1 Å². The number of benzene rings is 1. The molecule has 1 aromatic carbocycles. The number of halogens is 1. The Labute approximate surface area is 155 Å². The zero-order valence-corrected chi connectivity index (χ0v) is 14.9. The normalized spacial score (nSPS) is 19.5. The van der Waals surface area contributed by atoms with E-state index in [-0.39, 0.29) is 6.10 Å². The van der Waals surface area contributed by atoms with Crippen LogP contribution in [-0.2, 0) is 9.53 Å². The van der Waals surface area contributed by atoms with Gasteiger partial charge in [0, 0.05) is 6.54 Å². The maximum atomic E-state index is 14.6. The Hall–Kier alpha value is -2.75. The monoisotopic (exact) mass is 379 g/mol. The van der Waals surface area contributed by atoms with Gasteiger partial charge in [0.25, 0.3) is 0 Å². The number of nitrogens with one attached hydrogen (secondary N) is 1. The fourth-order valence-corrected chi connectivity index (χ4v) is 2.79. The largest absolute Gasteiger partial charge is 0.442 e. The summed E-state index contributed by atoms with van der Waals surface area (Å²) < 4.78 is 19.8. The Morgan fingerprint density at radius 3 is 2.92 bits per heavy atom. The third-order valence-corrected chi connectivity index (χ3v) is 4.18. The molecule has 1 aromatic rings. The third kappa shape index (κ3) is 3.90. The number of hydrogen-bond donors (Lipinski definition) is 1. The molecule has 8 nitrogen and oxygen atoms in total. The fourth-order valence-electron chi connectivity index (χ4n) is 2.71. The zero-order chi connectivity index (χ0) is 18.7. The predicted octanol–water partition coefficient (Wildman–Crippen LogP) is 1.31. The first-order chi connectivity index (χ1) is 12.5. The molecule has 2 heterocycles. The molecule has 0 aliphatic carbocycles. The number of cyclic esters (lactones) is 1. The molecule has 0 radical (unpaired) electrons. The van der Waals surface area contributed by atoms with E-state index in [2.05, 4.69) is 10.4 Å². The molecule has 0 bridgehead atoms.